The Bertz CT molecular complexity index is 571. The first kappa shape index (κ1) is 12.5. The number of nitrogens with one attached hydrogen (secondary N) is 1. The fourth-order valence-electron chi connectivity index (χ4n) is 2.33. The Balaban J connectivity index is 2.79. The maximum atomic E-state index is 6.29. The molecule has 0 spiro atoms. The number of fused-ring (bicyclic) bond motifs is 1. The summed E-state index contributed by atoms with van der Waals surface area (Å²) in [6.07, 6.45) is 0. The van der Waals surface area contributed by atoms with Crippen LogP contribution in [0.25, 0.3) is 11.0 Å². The molecule has 1 atom stereocenters. The second-order valence-electron chi connectivity index (χ2n) is 4.61. The van der Waals surface area contributed by atoms with Crippen molar-refractivity contribution < 1.29 is 4.42 Å². The van der Waals surface area contributed by atoms with Crippen LogP contribution in [-0.2, 0) is 0 Å². The summed E-state index contributed by atoms with van der Waals surface area (Å²) in [5.74, 6) is 0.993. The number of benzene rings is 1. The largest absolute Gasteiger partial charge is 0.459 e. The van der Waals surface area contributed by atoms with Crippen molar-refractivity contribution in [3.8, 4) is 0 Å². The first-order valence-electron chi connectivity index (χ1n) is 5.83. The highest BCUT2D eigenvalue weighted by molar-refractivity contribution is 6.33. The first-order chi connectivity index (χ1) is 7.97. The maximum Gasteiger partial charge on any atom is 0.135 e. The van der Waals surface area contributed by atoms with Crippen LogP contribution in [0.15, 0.2) is 10.5 Å². The maximum absolute atomic E-state index is 6.29. The summed E-state index contributed by atoms with van der Waals surface area (Å²) in [5.41, 5.74) is 4.28. The van der Waals surface area contributed by atoms with Crippen LogP contribution in [0.1, 0.15) is 35.4 Å². The van der Waals surface area contributed by atoms with E-state index in [0.29, 0.717) is 0 Å². The summed E-state index contributed by atoms with van der Waals surface area (Å²) in [6, 6.07) is 2.23. The van der Waals surface area contributed by atoms with Crippen molar-refractivity contribution in [3.63, 3.8) is 0 Å². The molecule has 0 saturated carbocycles. The third-order valence-corrected chi connectivity index (χ3v) is 4.02. The molecule has 2 aromatic rings. The van der Waals surface area contributed by atoms with Gasteiger partial charge in [-0.2, -0.15) is 0 Å². The molecule has 1 N–H and O–H groups in total. The molecule has 3 heteroatoms. The summed E-state index contributed by atoms with van der Waals surface area (Å²) in [4.78, 5) is 0. The molecule has 1 aromatic heterocycles. The minimum atomic E-state index is 0.209. The number of aryl methyl sites for hydroxylation is 3. The molecule has 0 amide bonds. The van der Waals surface area contributed by atoms with E-state index < -0.39 is 0 Å². The lowest BCUT2D eigenvalue weighted by molar-refractivity contribution is 0.471. The minimum Gasteiger partial charge on any atom is -0.459 e. The van der Waals surface area contributed by atoms with Crippen LogP contribution in [-0.4, -0.2) is 7.05 Å². The van der Waals surface area contributed by atoms with Crippen molar-refractivity contribution in [2.75, 3.05) is 7.05 Å². The molecular formula is C14H18ClNO. The standard InChI is InChI=1S/C14H18ClNO/c1-7-6-11-12(8(2)13(7)15)9(3)14(17-11)10(4)16-5/h6,10,16H,1-5H3. The molecule has 1 heterocycles. The van der Waals surface area contributed by atoms with Gasteiger partial charge in [-0.25, -0.2) is 0 Å². The predicted molar refractivity (Wildman–Crippen MR) is 72.9 cm³/mol. The van der Waals surface area contributed by atoms with E-state index in [1.165, 1.54) is 5.56 Å². The molecule has 2 nitrogen and oxygen atoms in total. The molecule has 2 rings (SSSR count). The van der Waals surface area contributed by atoms with Gasteiger partial charge in [-0.1, -0.05) is 11.6 Å². The average Bonchev–Trinajstić information content (AvgIpc) is 2.62. The van der Waals surface area contributed by atoms with Crippen LogP contribution >= 0.6 is 11.6 Å². The Hall–Kier alpha value is -0.990. The SMILES string of the molecule is CNC(C)c1oc2cc(C)c(Cl)c(C)c2c1C. The first-order valence-corrected chi connectivity index (χ1v) is 6.21. The van der Waals surface area contributed by atoms with Crippen molar-refractivity contribution in [3.05, 3.63) is 33.5 Å². The molecule has 0 fully saturated rings. The second-order valence-corrected chi connectivity index (χ2v) is 4.99. The fraction of sp³-hybridized carbons (Fsp3) is 0.429. The Kier molecular flexibility index (Phi) is 3.19. The quantitative estimate of drug-likeness (QED) is 0.861. The molecule has 0 radical (unpaired) electrons. The van der Waals surface area contributed by atoms with E-state index in [-0.39, 0.29) is 6.04 Å². The van der Waals surface area contributed by atoms with Gasteiger partial charge in [0.15, 0.2) is 0 Å². The highest BCUT2D eigenvalue weighted by atomic mass is 35.5. The Morgan fingerprint density at radius 1 is 1.24 bits per heavy atom. The van der Waals surface area contributed by atoms with E-state index in [4.69, 9.17) is 16.0 Å². The van der Waals surface area contributed by atoms with E-state index in [1.54, 1.807) is 0 Å². The number of rotatable bonds is 2. The normalized spacial score (nSPS) is 13.3. The van der Waals surface area contributed by atoms with E-state index >= 15 is 0 Å². The van der Waals surface area contributed by atoms with Crippen molar-refractivity contribution in [2.24, 2.45) is 0 Å². The smallest absolute Gasteiger partial charge is 0.135 e. The highest BCUT2D eigenvalue weighted by Crippen LogP contribution is 2.36. The molecule has 92 valence electrons. The van der Waals surface area contributed by atoms with Gasteiger partial charge in [0.05, 0.1) is 6.04 Å². The van der Waals surface area contributed by atoms with Crippen molar-refractivity contribution in [2.45, 2.75) is 33.7 Å². The van der Waals surface area contributed by atoms with Gasteiger partial charge in [0.2, 0.25) is 0 Å². The summed E-state index contributed by atoms with van der Waals surface area (Å²) in [7, 11) is 1.93. The van der Waals surface area contributed by atoms with Crippen LogP contribution in [0.4, 0.5) is 0 Å². The zero-order valence-corrected chi connectivity index (χ0v) is 11.7. The summed E-state index contributed by atoms with van der Waals surface area (Å²) in [6.45, 7) is 8.24. The molecule has 1 unspecified atom stereocenters. The molecule has 0 bridgehead atoms. The van der Waals surface area contributed by atoms with E-state index in [1.807, 2.05) is 27.0 Å². The minimum absolute atomic E-state index is 0.209. The van der Waals surface area contributed by atoms with Crippen molar-refractivity contribution in [1.82, 2.24) is 5.32 Å². The molecule has 0 aliphatic carbocycles. The van der Waals surface area contributed by atoms with Gasteiger partial charge in [0, 0.05) is 16.0 Å². The van der Waals surface area contributed by atoms with Gasteiger partial charge in [-0.3, -0.25) is 0 Å². The Morgan fingerprint density at radius 3 is 2.47 bits per heavy atom. The lowest BCUT2D eigenvalue weighted by atomic mass is 10.0. The fourth-order valence-corrected chi connectivity index (χ4v) is 2.48. The van der Waals surface area contributed by atoms with Crippen LogP contribution in [0.2, 0.25) is 5.02 Å². The third kappa shape index (κ3) is 1.85. The third-order valence-electron chi connectivity index (χ3n) is 3.44. The van der Waals surface area contributed by atoms with Gasteiger partial charge in [-0.05, 0) is 51.9 Å². The van der Waals surface area contributed by atoms with Gasteiger partial charge >= 0.3 is 0 Å². The summed E-state index contributed by atoms with van der Waals surface area (Å²) >= 11 is 6.29. The molecule has 0 aliphatic rings. The van der Waals surface area contributed by atoms with Crippen LogP contribution < -0.4 is 5.32 Å². The van der Waals surface area contributed by atoms with Crippen molar-refractivity contribution >= 4 is 22.6 Å². The topological polar surface area (TPSA) is 25.2 Å². The van der Waals surface area contributed by atoms with Gasteiger partial charge in [-0.15, -0.1) is 0 Å². The highest BCUT2D eigenvalue weighted by Gasteiger charge is 2.18. The summed E-state index contributed by atoms with van der Waals surface area (Å²) < 4.78 is 5.95. The predicted octanol–water partition coefficient (Wildman–Crippen LogP) is 4.29. The van der Waals surface area contributed by atoms with Gasteiger partial charge < -0.3 is 9.73 Å². The number of halogens is 1. The van der Waals surface area contributed by atoms with E-state index in [0.717, 1.165) is 32.9 Å². The van der Waals surface area contributed by atoms with Crippen LogP contribution in [0.3, 0.4) is 0 Å². The molecule has 1 aromatic carbocycles. The number of furan rings is 1. The zero-order valence-electron chi connectivity index (χ0n) is 10.9. The molecule has 0 saturated heterocycles. The van der Waals surface area contributed by atoms with Crippen LogP contribution in [0.5, 0.6) is 0 Å². The van der Waals surface area contributed by atoms with Crippen LogP contribution in [0, 0.1) is 20.8 Å². The Labute approximate surface area is 107 Å². The number of hydrogen-bond acceptors (Lipinski definition) is 2. The summed E-state index contributed by atoms with van der Waals surface area (Å²) in [5, 5.41) is 5.19. The second kappa shape index (κ2) is 4.35. The Morgan fingerprint density at radius 2 is 1.88 bits per heavy atom. The monoisotopic (exact) mass is 251 g/mol. The van der Waals surface area contributed by atoms with Crippen molar-refractivity contribution in [1.29, 1.82) is 0 Å². The molecule has 17 heavy (non-hydrogen) atoms. The van der Waals surface area contributed by atoms with E-state index in [2.05, 4.69) is 19.2 Å². The van der Waals surface area contributed by atoms with Gasteiger partial charge in [0.25, 0.3) is 0 Å². The van der Waals surface area contributed by atoms with E-state index in [9.17, 15) is 0 Å². The van der Waals surface area contributed by atoms with Gasteiger partial charge in [0.1, 0.15) is 11.3 Å². The molecular weight excluding hydrogens is 234 g/mol. The lowest BCUT2D eigenvalue weighted by Gasteiger charge is -2.07. The average molecular weight is 252 g/mol. The number of hydrogen-bond donors (Lipinski definition) is 1. The zero-order chi connectivity index (χ0) is 12.7. The lowest BCUT2D eigenvalue weighted by Crippen LogP contribution is -2.12. The molecule has 0 aliphatic heterocycles.